The van der Waals surface area contributed by atoms with Crippen molar-refractivity contribution < 1.29 is 14.6 Å². The second-order valence-corrected chi connectivity index (χ2v) is 5.69. The van der Waals surface area contributed by atoms with Gasteiger partial charge in [0.1, 0.15) is 0 Å². The molecule has 0 aliphatic carbocycles. The SMILES string of the molecule is CNC(=O)CN(CCO)CCOCCN1CCC(NC)CC1. The fraction of sp³-hybridized carbons (Fsp3) is 0.933. The van der Waals surface area contributed by atoms with Crippen LogP contribution in [0, 0.1) is 0 Å². The van der Waals surface area contributed by atoms with Crippen LogP contribution in [0.3, 0.4) is 0 Å². The summed E-state index contributed by atoms with van der Waals surface area (Å²) < 4.78 is 5.67. The Kier molecular flexibility index (Phi) is 10.3. The molecule has 0 spiro atoms. The van der Waals surface area contributed by atoms with Crippen molar-refractivity contribution in [2.24, 2.45) is 0 Å². The number of amides is 1. The number of likely N-dealkylation sites (N-methyl/N-ethyl adjacent to an activating group) is 1. The molecule has 22 heavy (non-hydrogen) atoms. The first kappa shape index (κ1) is 19.3. The lowest BCUT2D eigenvalue weighted by molar-refractivity contribution is -0.122. The minimum absolute atomic E-state index is 0.0409. The fourth-order valence-corrected chi connectivity index (χ4v) is 2.63. The van der Waals surface area contributed by atoms with Gasteiger partial charge in [0.25, 0.3) is 0 Å². The maximum absolute atomic E-state index is 11.4. The van der Waals surface area contributed by atoms with Crippen LogP contribution in [-0.4, -0.2) is 100 Å². The Morgan fingerprint density at radius 3 is 2.59 bits per heavy atom. The number of carbonyl (C=O) groups is 1. The molecule has 1 aliphatic rings. The normalized spacial score (nSPS) is 17.1. The summed E-state index contributed by atoms with van der Waals surface area (Å²) >= 11 is 0. The Balaban J connectivity index is 2.06. The molecule has 7 heteroatoms. The van der Waals surface area contributed by atoms with Crippen LogP contribution in [0.5, 0.6) is 0 Å². The summed E-state index contributed by atoms with van der Waals surface area (Å²) in [5.74, 6) is -0.0409. The van der Waals surface area contributed by atoms with Gasteiger partial charge in [0.05, 0.1) is 26.4 Å². The van der Waals surface area contributed by atoms with E-state index in [4.69, 9.17) is 9.84 Å². The maximum Gasteiger partial charge on any atom is 0.233 e. The second-order valence-electron chi connectivity index (χ2n) is 5.69. The fourth-order valence-electron chi connectivity index (χ4n) is 2.63. The van der Waals surface area contributed by atoms with E-state index in [1.165, 1.54) is 12.8 Å². The Hall–Kier alpha value is -0.730. The Labute approximate surface area is 134 Å². The van der Waals surface area contributed by atoms with Gasteiger partial charge in [-0.1, -0.05) is 0 Å². The number of aliphatic hydroxyl groups is 1. The van der Waals surface area contributed by atoms with Crippen molar-refractivity contribution in [1.29, 1.82) is 0 Å². The van der Waals surface area contributed by atoms with Gasteiger partial charge in [0.15, 0.2) is 0 Å². The average Bonchev–Trinajstić information content (AvgIpc) is 2.55. The third kappa shape index (κ3) is 8.05. The van der Waals surface area contributed by atoms with E-state index >= 15 is 0 Å². The quantitative estimate of drug-likeness (QED) is 0.413. The number of hydrogen-bond acceptors (Lipinski definition) is 6. The van der Waals surface area contributed by atoms with Gasteiger partial charge in [0, 0.05) is 32.7 Å². The van der Waals surface area contributed by atoms with Crippen LogP contribution in [-0.2, 0) is 9.53 Å². The second kappa shape index (κ2) is 11.8. The van der Waals surface area contributed by atoms with Crippen molar-refractivity contribution in [2.45, 2.75) is 18.9 Å². The third-order valence-corrected chi connectivity index (χ3v) is 4.16. The number of rotatable bonds is 11. The van der Waals surface area contributed by atoms with Crippen LogP contribution in [0.4, 0.5) is 0 Å². The minimum Gasteiger partial charge on any atom is -0.395 e. The zero-order chi connectivity index (χ0) is 16.2. The van der Waals surface area contributed by atoms with Crippen molar-refractivity contribution in [1.82, 2.24) is 20.4 Å². The van der Waals surface area contributed by atoms with E-state index < -0.39 is 0 Å². The van der Waals surface area contributed by atoms with Crippen LogP contribution in [0.2, 0.25) is 0 Å². The van der Waals surface area contributed by atoms with E-state index in [-0.39, 0.29) is 12.5 Å². The first-order valence-electron chi connectivity index (χ1n) is 8.20. The third-order valence-electron chi connectivity index (χ3n) is 4.16. The van der Waals surface area contributed by atoms with Crippen molar-refractivity contribution in [3.63, 3.8) is 0 Å². The smallest absolute Gasteiger partial charge is 0.233 e. The molecule has 0 aromatic heterocycles. The Morgan fingerprint density at radius 1 is 1.27 bits per heavy atom. The topological polar surface area (TPSA) is 77.1 Å². The van der Waals surface area contributed by atoms with Crippen LogP contribution < -0.4 is 10.6 Å². The largest absolute Gasteiger partial charge is 0.395 e. The molecule has 3 N–H and O–H groups in total. The number of carbonyl (C=O) groups excluding carboxylic acids is 1. The van der Waals surface area contributed by atoms with Crippen molar-refractivity contribution in [3.05, 3.63) is 0 Å². The van der Waals surface area contributed by atoms with Crippen LogP contribution in [0.25, 0.3) is 0 Å². The monoisotopic (exact) mass is 316 g/mol. The van der Waals surface area contributed by atoms with E-state index in [1.807, 2.05) is 11.9 Å². The summed E-state index contributed by atoms with van der Waals surface area (Å²) in [4.78, 5) is 15.7. The van der Waals surface area contributed by atoms with E-state index in [1.54, 1.807) is 7.05 Å². The summed E-state index contributed by atoms with van der Waals surface area (Å²) in [7, 11) is 3.65. The number of nitrogens with zero attached hydrogens (tertiary/aromatic N) is 2. The van der Waals surface area contributed by atoms with Gasteiger partial charge in [-0.3, -0.25) is 9.69 Å². The van der Waals surface area contributed by atoms with E-state index in [2.05, 4.69) is 15.5 Å². The molecule has 0 bridgehead atoms. The molecule has 0 unspecified atom stereocenters. The number of nitrogens with one attached hydrogen (secondary N) is 2. The molecule has 0 atom stereocenters. The summed E-state index contributed by atoms with van der Waals surface area (Å²) in [5.41, 5.74) is 0. The van der Waals surface area contributed by atoms with Gasteiger partial charge in [-0.05, 0) is 33.0 Å². The minimum atomic E-state index is -0.0409. The standard InChI is InChI=1S/C15H32N4O3/c1-16-14-3-5-18(6-4-14)8-11-22-12-9-19(7-10-20)13-15(21)17-2/h14,16,20H,3-13H2,1-2H3,(H,17,21). The van der Waals surface area contributed by atoms with Gasteiger partial charge in [-0.2, -0.15) is 0 Å². The lowest BCUT2D eigenvalue weighted by Gasteiger charge is -2.31. The average molecular weight is 316 g/mol. The molecule has 1 saturated heterocycles. The number of likely N-dealkylation sites (tertiary alicyclic amines) is 1. The van der Waals surface area contributed by atoms with Crippen LogP contribution in [0.15, 0.2) is 0 Å². The molecule has 1 rings (SSSR count). The maximum atomic E-state index is 11.4. The summed E-state index contributed by atoms with van der Waals surface area (Å²) in [6.45, 7) is 6.04. The molecular formula is C15H32N4O3. The molecule has 1 heterocycles. The number of ether oxygens (including phenoxy) is 1. The molecule has 0 saturated carbocycles. The molecule has 0 radical (unpaired) electrons. The zero-order valence-electron chi connectivity index (χ0n) is 14.0. The van der Waals surface area contributed by atoms with Crippen molar-refractivity contribution in [2.75, 3.05) is 73.2 Å². The molecule has 1 fully saturated rings. The highest BCUT2D eigenvalue weighted by Crippen LogP contribution is 2.09. The summed E-state index contributed by atoms with van der Waals surface area (Å²) in [6.07, 6.45) is 2.40. The molecule has 0 aromatic rings. The number of aliphatic hydroxyl groups excluding tert-OH is 1. The number of hydrogen-bond donors (Lipinski definition) is 3. The van der Waals surface area contributed by atoms with Crippen LogP contribution in [0.1, 0.15) is 12.8 Å². The van der Waals surface area contributed by atoms with Gasteiger partial charge in [-0.25, -0.2) is 0 Å². The molecule has 1 aliphatic heterocycles. The molecule has 130 valence electrons. The zero-order valence-corrected chi connectivity index (χ0v) is 14.0. The highest BCUT2D eigenvalue weighted by atomic mass is 16.5. The number of piperidine rings is 1. The van der Waals surface area contributed by atoms with Crippen molar-refractivity contribution >= 4 is 5.91 Å². The van der Waals surface area contributed by atoms with Gasteiger partial charge >= 0.3 is 0 Å². The lowest BCUT2D eigenvalue weighted by atomic mass is 10.1. The van der Waals surface area contributed by atoms with E-state index in [0.717, 1.165) is 26.2 Å². The van der Waals surface area contributed by atoms with E-state index in [9.17, 15) is 4.79 Å². The lowest BCUT2D eigenvalue weighted by Crippen LogP contribution is -2.42. The highest BCUT2D eigenvalue weighted by Gasteiger charge is 2.17. The summed E-state index contributed by atoms with van der Waals surface area (Å²) in [5, 5.41) is 14.9. The predicted octanol–water partition coefficient (Wildman–Crippen LogP) is -1.27. The first-order chi connectivity index (χ1) is 10.7. The van der Waals surface area contributed by atoms with E-state index in [0.29, 0.717) is 32.3 Å². The first-order valence-corrected chi connectivity index (χ1v) is 8.20. The molecular weight excluding hydrogens is 284 g/mol. The van der Waals surface area contributed by atoms with Gasteiger partial charge in [-0.15, -0.1) is 0 Å². The van der Waals surface area contributed by atoms with Gasteiger partial charge in [0.2, 0.25) is 5.91 Å². The highest BCUT2D eigenvalue weighted by molar-refractivity contribution is 5.77. The molecule has 7 nitrogen and oxygen atoms in total. The molecule has 0 aromatic carbocycles. The summed E-state index contributed by atoms with van der Waals surface area (Å²) in [6, 6.07) is 0.661. The van der Waals surface area contributed by atoms with Crippen LogP contribution >= 0.6 is 0 Å². The van der Waals surface area contributed by atoms with Gasteiger partial charge < -0.3 is 25.4 Å². The predicted molar refractivity (Wildman–Crippen MR) is 86.9 cm³/mol. The van der Waals surface area contributed by atoms with Crippen molar-refractivity contribution in [3.8, 4) is 0 Å². The Bertz CT molecular complexity index is 297. The Morgan fingerprint density at radius 2 is 2.00 bits per heavy atom. The molecule has 1 amide bonds.